The minimum atomic E-state index is 0.283. The van der Waals surface area contributed by atoms with Crippen LogP contribution >= 0.6 is 38.5 Å². The van der Waals surface area contributed by atoms with Gasteiger partial charge in [0.05, 0.1) is 4.83 Å². The summed E-state index contributed by atoms with van der Waals surface area (Å²) in [5.74, 6) is 0. The fraction of sp³-hybridized carbons (Fsp3) is 0.294. The van der Waals surface area contributed by atoms with Gasteiger partial charge in [0.1, 0.15) is 0 Å². The van der Waals surface area contributed by atoms with Crippen molar-refractivity contribution in [3.05, 3.63) is 68.3 Å². The summed E-state index contributed by atoms with van der Waals surface area (Å²) in [6, 6.07) is 15.6. The molecule has 1 unspecified atom stereocenters. The van der Waals surface area contributed by atoms with Crippen LogP contribution in [0.4, 0.5) is 0 Å². The molecule has 0 spiro atoms. The molecule has 0 N–H and O–H groups in total. The van der Waals surface area contributed by atoms with Crippen molar-refractivity contribution in [2.75, 3.05) is 0 Å². The first-order chi connectivity index (χ1) is 9.15. The van der Waals surface area contributed by atoms with Gasteiger partial charge in [-0.05, 0) is 69.8 Å². The van der Waals surface area contributed by atoms with E-state index in [9.17, 15) is 0 Å². The van der Waals surface area contributed by atoms with Crippen LogP contribution in [0.15, 0.2) is 42.5 Å². The summed E-state index contributed by atoms with van der Waals surface area (Å²) in [7, 11) is 0. The molecule has 0 aliphatic heterocycles. The summed E-state index contributed by atoms with van der Waals surface area (Å²) in [5.41, 5.74) is 5.56. The van der Waals surface area contributed by atoms with Crippen LogP contribution in [0.25, 0.3) is 0 Å². The molecule has 2 rings (SSSR count). The van der Waals surface area contributed by atoms with Crippen LogP contribution in [0.5, 0.6) is 0 Å². The molecular weight excluding hydrogens is 411 g/mol. The van der Waals surface area contributed by atoms with Gasteiger partial charge < -0.3 is 0 Å². The lowest BCUT2D eigenvalue weighted by atomic mass is 9.95. The van der Waals surface area contributed by atoms with Crippen LogP contribution in [0.1, 0.15) is 40.9 Å². The molecule has 19 heavy (non-hydrogen) atoms. The van der Waals surface area contributed by atoms with Gasteiger partial charge >= 0.3 is 0 Å². The predicted molar refractivity (Wildman–Crippen MR) is 95.1 cm³/mol. The SMILES string of the molecule is CCc1ccc(CC)c(C(Br)c2ccc(I)cc2)c1. The Balaban J connectivity index is 2.41. The second-order valence-electron chi connectivity index (χ2n) is 4.65. The summed E-state index contributed by atoms with van der Waals surface area (Å²) in [4.78, 5) is 0.283. The van der Waals surface area contributed by atoms with Crippen molar-refractivity contribution in [2.24, 2.45) is 0 Å². The summed E-state index contributed by atoms with van der Waals surface area (Å²) in [5, 5.41) is 0. The van der Waals surface area contributed by atoms with E-state index in [4.69, 9.17) is 0 Å². The Labute approximate surface area is 137 Å². The molecule has 0 aliphatic rings. The van der Waals surface area contributed by atoms with E-state index in [1.165, 1.54) is 25.8 Å². The maximum Gasteiger partial charge on any atom is 0.0647 e. The highest BCUT2D eigenvalue weighted by Crippen LogP contribution is 2.34. The van der Waals surface area contributed by atoms with Gasteiger partial charge in [0.2, 0.25) is 0 Å². The number of aryl methyl sites for hydroxylation is 2. The van der Waals surface area contributed by atoms with Crippen molar-refractivity contribution in [3.63, 3.8) is 0 Å². The largest absolute Gasteiger partial charge is 0.0786 e. The number of hydrogen-bond donors (Lipinski definition) is 0. The normalized spacial score (nSPS) is 12.4. The van der Waals surface area contributed by atoms with Gasteiger partial charge in [-0.3, -0.25) is 0 Å². The van der Waals surface area contributed by atoms with Crippen molar-refractivity contribution >= 4 is 38.5 Å². The molecule has 2 heteroatoms. The third-order valence-corrected chi connectivity index (χ3v) is 5.18. The molecule has 0 heterocycles. The monoisotopic (exact) mass is 428 g/mol. The molecular formula is C17H18BrI. The predicted octanol–water partition coefficient (Wildman–Crippen LogP) is 5.90. The highest BCUT2D eigenvalue weighted by molar-refractivity contribution is 14.1. The van der Waals surface area contributed by atoms with E-state index < -0.39 is 0 Å². The van der Waals surface area contributed by atoms with E-state index in [0.29, 0.717) is 0 Å². The molecule has 0 radical (unpaired) electrons. The standard InChI is InChI=1S/C17H18BrI/c1-3-12-5-6-13(4-2)16(11-12)17(18)14-7-9-15(19)10-8-14/h5-11,17H,3-4H2,1-2H3. The van der Waals surface area contributed by atoms with Gasteiger partial charge in [-0.2, -0.15) is 0 Å². The van der Waals surface area contributed by atoms with E-state index in [1.54, 1.807) is 0 Å². The minimum absolute atomic E-state index is 0.283. The smallest absolute Gasteiger partial charge is 0.0647 e. The Morgan fingerprint density at radius 2 is 1.68 bits per heavy atom. The van der Waals surface area contributed by atoms with E-state index in [0.717, 1.165) is 12.8 Å². The van der Waals surface area contributed by atoms with Gasteiger partial charge in [-0.15, -0.1) is 0 Å². The molecule has 0 aliphatic carbocycles. The van der Waals surface area contributed by atoms with Crippen LogP contribution in [0.3, 0.4) is 0 Å². The van der Waals surface area contributed by atoms with E-state index >= 15 is 0 Å². The average molecular weight is 429 g/mol. The molecule has 0 bridgehead atoms. The fourth-order valence-corrected chi connectivity index (χ4v) is 3.32. The lowest BCUT2D eigenvalue weighted by Crippen LogP contribution is -1.99. The molecule has 0 saturated heterocycles. The third kappa shape index (κ3) is 3.60. The first kappa shape index (κ1) is 15.0. The fourth-order valence-electron chi connectivity index (χ4n) is 2.23. The van der Waals surface area contributed by atoms with Crippen molar-refractivity contribution in [3.8, 4) is 0 Å². The Morgan fingerprint density at radius 3 is 2.26 bits per heavy atom. The van der Waals surface area contributed by atoms with Gasteiger partial charge in [-0.25, -0.2) is 0 Å². The molecule has 0 fully saturated rings. The topological polar surface area (TPSA) is 0 Å². The number of benzene rings is 2. The molecule has 0 nitrogen and oxygen atoms in total. The lowest BCUT2D eigenvalue weighted by molar-refractivity contribution is 1.03. The van der Waals surface area contributed by atoms with Gasteiger partial charge in [0.25, 0.3) is 0 Å². The van der Waals surface area contributed by atoms with Crippen LogP contribution in [0.2, 0.25) is 0 Å². The second-order valence-corrected chi connectivity index (χ2v) is 6.82. The number of halogens is 2. The molecule has 0 saturated carbocycles. The van der Waals surface area contributed by atoms with E-state index in [2.05, 4.69) is 94.8 Å². The Bertz CT molecular complexity index is 546. The number of alkyl halides is 1. The van der Waals surface area contributed by atoms with E-state index in [-0.39, 0.29) is 4.83 Å². The highest BCUT2D eigenvalue weighted by Gasteiger charge is 2.14. The highest BCUT2D eigenvalue weighted by atomic mass is 127. The van der Waals surface area contributed by atoms with Crippen LogP contribution in [-0.4, -0.2) is 0 Å². The molecule has 0 amide bonds. The molecule has 2 aromatic rings. The van der Waals surface area contributed by atoms with Crippen molar-refractivity contribution in [1.29, 1.82) is 0 Å². The Kier molecular flexibility index (Phi) is 5.46. The third-order valence-electron chi connectivity index (χ3n) is 3.44. The molecule has 100 valence electrons. The molecule has 1 atom stereocenters. The van der Waals surface area contributed by atoms with Gasteiger partial charge in [0.15, 0.2) is 0 Å². The summed E-state index contributed by atoms with van der Waals surface area (Å²) >= 11 is 6.22. The zero-order valence-corrected chi connectivity index (χ0v) is 15.0. The van der Waals surface area contributed by atoms with Gasteiger partial charge in [0, 0.05) is 3.57 Å². The quantitative estimate of drug-likeness (QED) is 0.420. The average Bonchev–Trinajstić information content (AvgIpc) is 2.46. The summed E-state index contributed by atoms with van der Waals surface area (Å²) in [6.45, 7) is 4.43. The number of rotatable bonds is 4. The molecule has 0 aromatic heterocycles. The summed E-state index contributed by atoms with van der Waals surface area (Å²) in [6.07, 6.45) is 2.16. The maximum atomic E-state index is 3.87. The van der Waals surface area contributed by atoms with Gasteiger partial charge in [-0.1, -0.05) is 60.1 Å². The second kappa shape index (κ2) is 6.89. The summed E-state index contributed by atoms with van der Waals surface area (Å²) < 4.78 is 1.28. The first-order valence-electron chi connectivity index (χ1n) is 6.67. The van der Waals surface area contributed by atoms with Crippen molar-refractivity contribution in [2.45, 2.75) is 31.5 Å². The van der Waals surface area contributed by atoms with Crippen LogP contribution < -0.4 is 0 Å². The molecule has 2 aromatic carbocycles. The van der Waals surface area contributed by atoms with Crippen molar-refractivity contribution < 1.29 is 0 Å². The zero-order valence-electron chi connectivity index (χ0n) is 11.3. The number of hydrogen-bond acceptors (Lipinski definition) is 0. The first-order valence-corrected chi connectivity index (χ1v) is 8.66. The van der Waals surface area contributed by atoms with Crippen LogP contribution in [0, 0.1) is 3.57 Å². The maximum absolute atomic E-state index is 3.87. The Morgan fingerprint density at radius 1 is 1.00 bits per heavy atom. The van der Waals surface area contributed by atoms with Crippen LogP contribution in [-0.2, 0) is 12.8 Å². The minimum Gasteiger partial charge on any atom is -0.0786 e. The van der Waals surface area contributed by atoms with E-state index in [1.807, 2.05) is 0 Å². The zero-order chi connectivity index (χ0) is 13.8. The van der Waals surface area contributed by atoms with Crippen molar-refractivity contribution in [1.82, 2.24) is 0 Å². The lowest BCUT2D eigenvalue weighted by Gasteiger charge is -2.16. The Hall–Kier alpha value is -0.350.